The standard InChI is InChI=1S/C13H7Cl3O2/c14-8-1-4-11(15)10(7-8)12-5-2-9(18-12)3-6-13(16)17/h1-7H. The first kappa shape index (κ1) is 13.2. The molecule has 0 aliphatic rings. The highest BCUT2D eigenvalue weighted by Crippen LogP contribution is 2.31. The van der Waals surface area contributed by atoms with Gasteiger partial charge in [-0.05, 0) is 48.0 Å². The van der Waals surface area contributed by atoms with Gasteiger partial charge in [-0.15, -0.1) is 0 Å². The number of allylic oxidation sites excluding steroid dienone is 1. The summed E-state index contributed by atoms with van der Waals surface area (Å²) in [5.74, 6) is 1.08. The van der Waals surface area contributed by atoms with Crippen molar-refractivity contribution in [1.82, 2.24) is 0 Å². The van der Waals surface area contributed by atoms with E-state index in [-0.39, 0.29) is 0 Å². The third-order valence-electron chi connectivity index (χ3n) is 2.20. The van der Waals surface area contributed by atoms with E-state index in [1.165, 1.54) is 12.2 Å². The quantitative estimate of drug-likeness (QED) is 0.588. The van der Waals surface area contributed by atoms with Crippen molar-refractivity contribution in [2.45, 2.75) is 0 Å². The van der Waals surface area contributed by atoms with Crippen molar-refractivity contribution in [2.75, 3.05) is 0 Å². The van der Waals surface area contributed by atoms with E-state index in [4.69, 9.17) is 39.2 Å². The number of carbonyl (C=O) groups is 1. The van der Waals surface area contributed by atoms with E-state index in [1.54, 1.807) is 30.3 Å². The van der Waals surface area contributed by atoms with Gasteiger partial charge in [-0.1, -0.05) is 23.2 Å². The van der Waals surface area contributed by atoms with Crippen molar-refractivity contribution in [1.29, 1.82) is 0 Å². The van der Waals surface area contributed by atoms with Crippen molar-refractivity contribution in [3.8, 4) is 11.3 Å². The van der Waals surface area contributed by atoms with Gasteiger partial charge in [0.15, 0.2) is 0 Å². The van der Waals surface area contributed by atoms with Gasteiger partial charge in [-0.3, -0.25) is 4.79 Å². The Morgan fingerprint density at radius 2 is 1.94 bits per heavy atom. The molecule has 0 aliphatic heterocycles. The van der Waals surface area contributed by atoms with Gasteiger partial charge < -0.3 is 4.42 Å². The first-order chi connectivity index (χ1) is 8.56. The summed E-state index contributed by atoms with van der Waals surface area (Å²) < 4.78 is 5.52. The third kappa shape index (κ3) is 3.16. The summed E-state index contributed by atoms with van der Waals surface area (Å²) in [5, 5.41) is 0.547. The fourth-order valence-corrected chi connectivity index (χ4v) is 1.87. The molecule has 0 fully saturated rings. The number of furan rings is 1. The first-order valence-electron chi connectivity index (χ1n) is 4.99. The van der Waals surface area contributed by atoms with Crippen molar-refractivity contribution >= 4 is 46.1 Å². The van der Waals surface area contributed by atoms with Crippen LogP contribution in [0.25, 0.3) is 17.4 Å². The number of benzene rings is 1. The normalized spacial score (nSPS) is 11.1. The maximum atomic E-state index is 10.6. The van der Waals surface area contributed by atoms with Crippen LogP contribution in [0.4, 0.5) is 0 Å². The fourth-order valence-electron chi connectivity index (χ4n) is 1.42. The molecule has 0 saturated heterocycles. The molecule has 2 nitrogen and oxygen atoms in total. The summed E-state index contributed by atoms with van der Waals surface area (Å²) in [5.41, 5.74) is 0.695. The smallest absolute Gasteiger partial charge is 0.245 e. The second kappa shape index (κ2) is 5.61. The molecule has 0 N–H and O–H groups in total. The van der Waals surface area contributed by atoms with Crippen LogP contribution in [0.1, 0.15) is 5.76 Å². The molecule has 5 heteroatoms. The summed E-state index contributed by atoms with van der Waals surface area (Å²) in [7, 11) is 0. The molecule has 0 aliphatic carbocycles. The SMILES string of the molecule is O=C(Cl)C=Cc1ccc(-c2cc(Cl)ccc2Cl)o1. The predicted molar refractivity (Wildman–Crippen MR) is 74.1 cm³/mol. The number of hydrogen-bond donors (Lipinski definition) is 0. The van der Waals surface area contributed by atoms with Crippen molar-refractivity contribution in [3.63, 3.8) is 0 Å². The Balaban J connectivity index is 2.35. The van der Waals surface area contributed by atoms with Crippen LogP contribution in [0.3, 0.4) is 0 Å². The van der Waals surface area contributed by atoms with Gasteiger partial charge in [0.1, 0.15) is 11.5 Å². The van der Waals surface area contributed by atoms with E-state index in [9.17, 15) is 4.79 Å². The zero-order valence-corrected chi connectivity index (χ0v) is 11.3. The summed E-state index contributed by atoms with van der Waals surface area (Å²) in [6, 6.07) is 8.56. The van der Waals surface area contributed by atoms with Gasteiger partial charge >= 0.3 is 0 Å². The van der Waals surface area contributed by atoms with Crippen LogP contribution in [0.15, 0.2) is 40.8 Å². The molecule has 92 valence electrons. The average molecular weight is 302 g/mol. The Kier molecular flexibility index (Phi) is 4.12. The van der Waals surface area contributed by atoms with Gasteiger partial charge in [-0.25, -0.2) is 0 Å². The van der Waals surface area contributed by atoms with Crippen LogP contribution in [-0.2, 0) is 4.79 Å². The third-order valence-corrected chi connectivity index (χ3v) is 2.89. The molecule has 1 aromatic carbocycles. The Hall–Kier alpha value is -1.22. The fraction of sp³-hybridized carbons (Fsp3) is 0. The van der Waals surface area contributed by atoms with E-state index in [1.807, 2.05) is 0 Å². The maximum Gasteiger partial charge on any atom is 0.245 e. The van der Waals surface area contributed by atoms with E-state index in [0.717, 1.165) is 0 Å². The number of carbonyl (C=O) groups excluding carboxylic acids is 1. The highest BCUT2D eigenvalue weighted by Gasteiger charge is 2.08. The van der Waals surface area contributed by atoms with Crippen molar-refractivity contribution in [3.05, 3.63) is 52.2 Å². The summed E-state index contributed by atoms with van der Waals surface area (Å²) in [6.45, 7) is 0. The number of halogens is 3. The minimum Gasteiger partial charge on any atom is -0.457 e. The maximum absolute atomic E-state index is 10.6. The largest absolute Gasteiger partial charge is 0.457 e. The Labute approximate surface area is 119 Å². The molecule has 0 unspecified atom stereocenters. The lowest BCUT2D eigenvalue weighted by molar-refractivity contribution is -0.107. The molecular formula is C13H7Cl3O2. The zero-order chi connectivity index (χ0) is 13.1. The minimum atomic E-state index is -0.561. The number of rotatable bonds is 3. The van der Waals surface area contributed by atoms with Crippen LogP contribution in [0.5, 0.6) is 0 Å². The molecule has 0 bridgehead atoms. The van der Waals surface area contributed by atoms with Crippen LogP contribution in [0, 0.1) is 0 Å². The van der Waals surface area contributed by atoms with Gasteiger partial charge in [0.25, 0.3) is 0 Å². The molecule has 1 heterocycles. The van der Waals surface area contributed by atoms with Crippen molar-refractivity contribution < 1.29 is 9.21 Å². The van der Waals surface area contributed by atoms with Gasteiger partial charge in [-0.2, -0.15) is 0 Å². The average Bonchev–Trinajstić information content (AvgIpc) is 2.78. The van der Waals surface area contributed by atoms with E-state index < -0.39 is 5.24 Å². The van der Waals surface area contributed by atoms with E-state index in [0.29, 0.717) is 27.1 Å². The molecule has 0 spiro atoms. The molecule has 1 aromatic heterocycles. The van der Waals surface area contributed by atoms with Gasteiger partial charge in [0.05, 0.1) is 5.02 Å². The molecule has 0 amide bonds. The zero-order valence-electron chi connectivity index (χ0n) is 8.99. The Morgan fingerprint density at radius 3 is 2.67 bits per heavy atom. The molecule has 0 saturated carbocycles. The molecule has 2 rings (SSSR count). The number of hydrogen-bond acceptors (Lipinski definition) is 2. The summed E-state index contributed by atoms with van der Waals surface area (Å²) >= 11 is 17.1. The lowest BCUT2D eigenvalue weighted by Gasteiger charge is -2.00. The topological polar surface area (TPSA) is 30.2 Å². The Morgan fingerprint density at radius 1 is 1.17 bits per heavy atom. The second-order valence-corrected chi connectivity index (χ2v) is 4.68. The first-order valence-corrected chi connectivity index (χ1v) is 6.12. The molecule has 2 aromatic rings. The van der Waals surface area contributed by atoms with Crippen molar-refractivity contribution in [2.24, 2.45) is 0 Å². The highest BCUT2D eigenvalue weighted by molar-refractivity contribution is 6.66. The van der Waals surface area contributed by atoms with Crippen LogP contribution in [-0.4, -0.2) is 5.24 Å². The summed E-state index contributed by atoms with van der Waals surface area (Å²) in [4.78, 5) is 10.6. The lowest BCUT2D eigenvalue weighted by atomic mass is 10.2. The molecular weight excluding hydrogens is 294 g/mol. The minimum absolute atomic E-state index is 0.509. The van der Waals surface area contributed by atoms with Crippen LogP contribution in [0.2, 0.25) is 10.0 Å². The summed E-state index contributed by atoms with van der Waals surface area (Å²) in [6.07, 6.45) is 2.70. The molecule has 0 radical (unpaired) electrons. The highest BCUT2D eigenvalue weighted by atomic mass is 35.5. The van der Waals surface area contributed by atoms with Crippen LogP contribution < -0.4 is 0 Å². The molecule has 0 atom stereocenters. The monoisotopic (exact) mass is 300 g/mol. The van der Waals surface area contributed by atoms with Crippen LogP contribution >= 0.6 is 34.8 Å². The van der Waals surface area contributed by atoms with E-state index >= 15 is 0 Å². The lowest BCUT2D eigenvalue weighted by Crippen LogP contribution is -1.76. The van der Waals surface area contributed by atoms with E-state index in [2.05, 4.69) is 0 Å². The Bertz CT molecular complexity index is 614. The molecule has 18 heavy (non-hydrogen) atoms. The van der Waals surface area contributed by atoms with Gasteiger partial charge in [0, 0.05) is 16.7 Å². The van der Waals surface area contributed by atoms with Gasteiger partial charge in [0.2, 0.25) is 5.24 Å². The predicted octanol–water partition coefficient (Wildman–Crippen LogP) is 5.03. The second-order valence-electron chi connectivity index (χ2n) is 3.46.